The molecule has 0 spiro atoms. The third-order valence-corrected chi connectivity index (χ3v) is 4.15. The molecule has 24 heavy (non-hydrogen) atoms. The lowest BCUT2D eigenvalue weighted by molar-refractivity contribution is -0.136. The second-order valence-corrected chi connectivity index (χ2v) is 5.80. The number of allylic oxidation sites excluding steroid dienone is 2. The maximum absolute atomic E-state index is 12.2. The molecule has 0 fully saturated rings. The van der Waals surface area contributed by atoms with Crippen LogP contribution in [-0.4, -0.2) is 24.2 Å². The number of carboxylic acids is 1. The largest absolute Gasteiger partial charge is 0.478 e. The van der Waals surface area contributed by atoms with Gasteiger partial charge >= 0.3 is 11.9 Å². The fourth-order valence-electron chi connectivity index (χ4n) is 2.58. The lowest BCUT2D eigenvalue weighted by Gasteiger charge is -2.28. The molecule has 0 bridgehead atoms. The predicted molar refractivity (Wildman–Crippen MR) is 87.3 cm³/mol. The molecule has 0 radical (unpaired) electrons. The monoisotopic (exact) mass is 366 g/mol. The smallest absolute Gasteiger partial charge is 0.337 e. The number of carbonyl (C=O) groups excluding carboxylic acids is 1. The van der Waals surface area contributed by atoms with Crippen LogP contribution in [-0.2, 0) is 14.3 Å². The Morgan fingerprint density at radius 2 is 2.00 bits per heavy atom. The second kappa shape index (κ2) is 6.95. The number of nitriles is 1. The maximum Gasteiger partial charge on any atom is 0.337 e. The summed E-state index contributed by atoms with van der Waals surface area (Å²) in [5, 5.41) is 22.1. The standard InChI is InChI=1S/C16H12Cl2N2O4/c1-7-12(15(21)22)13(9-4-3-8(17)5-10(9)18)14(16(23)24-2)11(6-19)20-7/h3-5,13,20H,1-2H3,(H,21,22). The van der Waals surface area contributed by atoms with E-state index in [2.05, 4.69) is 5.32 Å². The minimum Gasteiger partial charge on any atom is -0.478 e. The van der Waals surface area contributed by atoms with Gasteiger partial charge in [0.15, 0.2) is 0 Å². The van der Waals surface area contributed by atoms with E-state index in [4.69, 9.17) is 27.9 Å². The summed E-state index contributed by atoms with van der Waals surface area (Å²) in [6, 6.07) is 6.35. The van der Waals surface area contributed by atoms with Crippen LogP contribution in [0.2, 0.25) is 10.0 Å². The van der Waals surface area contributed by atoms with E-state index in [1.165, 1.54) is 25.1 Å². The molecule has 6 nitrogen and oxygen atoms in total. The van der Waals surface area contributed by atoms with Gasteiger partial charge in [-0.05, 0) is 24.6 Å². The van der Waals surface area contributed by atoms with Gasteiger partial charge in [-0.1, -0.05) is 29.3 Å². The summed E-state index contributed by atoms with van der Waals surface area (Å²) in [5.74, 6) is -3.12. The summed E-state index contributed by atoms with van der Waals surface area (Å²) >= 11 is 12.1. The Morgan fingerprint density at radius 3 is 2.50 bits per heavy atom. The number of methoxy groups -OCH3 is 1. The zero-order valence-electron chi connectivity index (χ0n) is 12.7. The molecule has 2 rings (SSSR count). The summed E-state index contributed by atoms with van der Waals surface area (Å²) < 4.78 is 4.73. The predicted octanol–water partition coefficient (Wildman–Crippen LogP) is 2.99. The van der Waals surface area contributed by atoms with Gasteiger partial charge in [-0.2, -0.15) is 5.26 Å². The number of nitrogens with zero attached hydrogens (tertiary/aromatic N) is 1. The maximum atomic E-state index is 12.2. The number of rotatable bonds is 3. The van der Waals surface area contributed by atoms with Gasteiger partial charge in [-0.3, -0.25) is 0 Å². The van der Waals surface area contributed by atoms with Crippen LogP contribution in [0.4, 0.5) is 0 Å². The van der Waals surface area contributed by atoms with Gasteiger partial charge in [-0.25, -0.2) is 9.59 Å². The van der Waals surface area contributed by atoms with E-state index in [-0.39, 0.29) is 27.6 Å². The van der Waals surface area contributed by atoms with Crippen molar-refractivity contribution in [3.05, 3.63) is 56.3 Å². The van der Waals surface area contributed by atoms with Crippen LogP contribution in [0.25, 0.3) is 0 Å². The number of carboxylic acid groups (broad SMARTS) is 1. The zero-order chi connectivity index (χ0) is 18.0. The van der Waals surface area contributed by atoms with Crippen molar-refractivity contribution >= 4 is 35.1 Å². The van der Waals surface area contributed by atoms with E-state index in [1.807, 2.05) is 6.07 Å². The average Bonchev–Trinajstić information content (AvgIpc) is 2.52. The van der Waals surface area contributed by atoms with Gasteiger partial charge in [0.2, 0.25) is 0 Å². The number of carbonyl (C=O) groups is 2. The van der Waals surface area contributed by atoms with Crippen molar-refractivity contribution in [3.8, 4) is 6.07 Å². The van der Waals surface area contributed by atoms with Gasteiger partial charge < -0.3 is 15.2 Å². The molecular formula is C16H12Cl2N2O4. The number of aliphatic carboxylic acids is 1. The molecule has 2 N–H and O–H groups in total. The third kappa shape index (κ3) is 3.09. The summed E-state index contributed by atoms with van der Waals surface area (Å²) in [4.78, 5) is 24.0. The number of hydrogen-bond donors (Lipinski definition) is 2. The van der Waals surface area contributed by atoms with E-state index in [9.17, 15) is 20.0 Å². The minimum atomic E-state index is -1.24. The van der Waals surface area contributed by atoms with E-state index in [1.54, 1.807) is 0 Å². The molecule has 0 amide bonds. The molecule has 1 aromatic rings. The third-order valence-electron chi connectivity index (χ3n) is 3.58. The Labute approximate surface area is 147 Å². The molecular weight excluding hydrogens is 355 g/mol. The highest BCUT2D eigenvalue weighted by Crippen LogP contribution is 2.41. The highest BCUT2D eigenvalue weighted by atomic mass is 35.5. The van der Waals surface area contributed by atoms with E-state index < -0.39 is 17.9 Å². The zero-order valence-corrected chi connectivity index (χ0v) is 14.2. The van der Waals surface area contributed by atoms with Crippen LogP contribution in [0.1, 0.15) is 18.4 Å². The second-order valence-electron chi connectivity index (χ2n) is 4.96. The van der Waals surface area contributed by atoms with Gasteiger partial charge in [0, 0.05) is 15.7 Å². The molecule has 0 aliphatic carbocycles. The molecule has 124 valence electrons. The van der Waals surface area contributed by atoms with Crippen LogP contribution in [0, 0.1) is 11.3 Å². The Hall–Kier alpha value is -2.49. The van der Waals surface area contributed by atoms with Crippen LogP contribution >= 0.6 is 23.2 Å². The van der Waals surface area contributed by atoms with Crippen molar-refractivity contribution in [1.29, 1.82) is 5.26 Å². The highest BCUT2D eigenvalue weighted by molar-refractivity contribution is 6.35. The molecule has 8 heteroatoms. The van der Waals surface area contributed by atoms with Crippen molar-refractivity contribution in [2.45, 2.75) is 12.8 Å². The first-order valence-electron chi connectivity index (χ1n) is 6.70. The summed E-state index contributed by atoms with van der Waals surface area (Å²) in [6.07, 6.45) is 0. The first kappa shape index (κ1) is 17.9. The summed E-state index contributed by atoms with van der Waals surface area (Å²) in [7, 11) is 1.15. The molecule has 1 unspecified atom stereocenters. The SMILES string of the molecule is COC(=O)C1=C(C#N)NC(C)=C(C(=O)O)C1c1ccc(Cl)cc1Cl. The van der Waals surface area contributed by atoms with Gasteiger partial charge in [0.25, 0.3) is 0 Å². The molecule has 0 saturated carbocycles. The highest BCUT2D eigenvalue weighted by Gasteiger charge is 2.39. The van der Waals surface area contributed by atoms with E-state index in [0.717, 1.165) is 7.11 Å². The van der Waals surface area contributed by atoms with Crippen LogP contribution in [0.15, 0.2) is 40.7 Å². The minimum absolute atomic E-state index is 0.0830. The van der Waals surface area contributed by atoms with Crippen LogP contribution < -0.4 is 5.32 Å². The van der Waals surface area contributed by atoms with Crippen molar-refractivity contribution in [1.82, 2.24) is 5.32 Å². The first-order chi connectivity index (χ1) is 11.3. The Balaban J connectivity index is 2.81. The first-order valence-corrected chi connectivity index (χ1v) is 7.46. The molecule has 1 aliphatic heterocycles. The normalized spacial score (nSPS) is 17.2. The lowest BCUT2D eigenvalue weighted by Crippen LogP contribution is -2.32. The van der Waals surface area contributed by atoms with Crippen molar-refractivity contribution < 1.29 is 19.4 Å². The number of dihydropyridines is 1. The summed E-state index contributed by atoms with van der Waals surface area (Å²) in [6.45, 7) is 1.51. The van der Waals surface area contributed by atoms with Crippen molar-refractivity contribution in [2.75, 3.05) is 7.11 Å². The topological polar surface area (TPSA) is 99.4 Å². The fourth-order valence-corrected chi connectivity index (χ4v) is 3.09. The number of esters is 1. The number of halogens is 2. The number of ether oxygens (including phenoxy) is 1. The van der Waals surface area contributed by atoms with Crippen molar-refractivity contribution in [3.63, 3.8) is 0 Å². The quantitative estimate of drug-likeness (QED) is 0.797. The van der Waals surface area contributed by atoms with E-state index in [0.29, 0.717) is 10.6 Å². The Morgan fingerprint density at radius 1 is 1.33 bits per heavy atom. The lowest BCUT2D eigenvalue weighted by atomic mass is 9.80. The molecule has 0 aromatic heterocycles. The van der Waals surface area contributed by atoms with Crippen LogP contribution in [0.5, 0.6) is 0 Å². The Kier molecular flexibility index (Phi) is 5.17. The van der Waals surface area contributed by atoms with Crippen LogP contribution in [0.3, 0.4) is 0 Å². The fraction of sp³-hybridized carbons (Fsp3) is 0.188. The van der Waals surface area contributed by atoms with Gasteiger partial charge in [0.05, 0.1) is 24.2 Å². The average molecular weight is 367 g/mol. The number of hydrogen-bond acceptors (Lipinski definition) is 5. The van der Waals surface area contributed by atoms with E-state index >= 15 is 0 Å². The van der Waals surface area contributed by atoms with Gasteiger partial charge in [0.1, 0.15) is 11.8 Å². The van der Waals surface area contributed by atoms with Gasteiger partial charge in [-0.15, -0.1) is 0 Å². The summed E-state index contributed by atoms with van der Waals surface area (Å²) in [5.41, 5.74) is 0.279. The Bertz CT molecular complexity index is 837. The van der Waals surface area contributed by atoms with Crippen molar-refractivity contribution in [2.24, 2.45) is 0 Å². The molecule has 1 aliphatic rings. The number of benzene rings is 1. The molecule has 1 heterocycles. The number of nitrogens with one attached hydrogen (secondary N) is 1. The molecule has 1 aromatic carbocycles. The molecule has 1 atom stereocenters. The molecule has 0 saturated heterocycles.